The Morgan fingerprint density at radius 2 is 1.94 bits per heavy atom. The minimum absolute atomic E-state index is 0.0116. The molecular formula is C25H25BrN6O4. The zero-order valence-electron chi connectivity index (χ0n) is 19.7. The molecule has 2 aromatic heterocycles. The zero-order valence-corrected chi connectivity index (χ0v) is 21.3. The fourth-order valence-electron chi connectivity index (χ4n) is 3.56. The highest BCUT2D eigenvalue weighted by Gasteiger charge is 2.20. The number of ether oxygens (including phenoxy) is 1. The Morgan fingerprint density at radius 1 is 1.22 bits per heavy atom. The van der Waals surface area contributed by atoms with Crippen LogP contribution in [-0.4, -0.2) is 43.1 Å². The first-order valence-corrected chi connectivity index (χ1v) is 11.9. The van der Waals surface area contributed by atoms with Crippen LogP contribution in [-0.2, 0) is 13.6 Å². The van der Waals surface area contributed by atoms with Crippen molar-refractivity contribution in [1.82, 2.24) is 19.1 Å². The molecule has 2 aromatic carbocycles. The van der Waals surface area contributed by atoms with Crippen LogP contribution in [0, 0.1) is 6.92 Å². The molecule has 3 N–H and O–H groups in total. The summed E-state index contributed by atoms with van der Waals surface area (Å²) in [4.78, 5) is 31.4. The molecule has 0 radical (unpaired) electrons. The fraction of sp³-hybridized carbons (Fsp3) is 0.200. The standard InChI is InChI=1S/C25H25BrN6O4/c1-16-8-6-7-11-20(16)36-15-19(33)14-32-21-22(31(2)25(35)29-23(21)34)28-24(32)30-27-13-18(26)12-17-9-4-3-5-10-17/h3-13,19,33H,14-15H2,1-2H3,(H,28,30)(H,29,34,35). The van der Waals surface area contributed by atoms with E-state index in [1.165, 1.54) is 22.4 Å². The van der Waals surface area contributed by atoms with E-state index in [-0.39, 0.29) is 30.3 Å². The van der Waals surface area contributed by atoms with Crippen molar-refractivity contribution in [1.29, 1.82) is 0 Å². The number of allylic oxidation sites excluding steroid dienone is 1. The van der Waals surface area contributed by atoms with Gasteiger partial charge in [0.15, 0.2) is 11.2 Å². The predicted octanol–water partition coefficient (Wildman–Crippen LogP) is 3.01. The molecule has 0 aliphatic carbocycles. The molecule has 0 aliphatic heterocycles. The normalized spacial score (nSPS) is 12.8. The molecule has 0 aliphatic rings. The lowest BCUT2D eigenvalue weighted by Crippen LogP contribution is -2.30. The molecule has 11 heteroatoms. The molecule has 1 unspecified atom stereocenters. The van der Waals surface area contributed by atoms with Crippen LogP contribution in [0.2, 0.25) is 0 Å². The summed E-state index contributed by atoms with van der Waals surface area (Å²) < 4.78 is 9.15. The Balaban J connectivity index is 1.60. The fourth-order valence-corrected chi connectivity index (χ4v) is 3.93. The van der Waals surface area contributed by atoms with Crippen molar-refractivity contribution in [3.63, 3.8) is 0 Å². The number of nitrogens with zero attached hydrogens (tertiary/aromatic N) is 4. The first-order valence-electron chi connectivity index (χ1n) is 11.1. The number of aryl methyl sites for hydroxylation is 2. The quantitative estimate of drug-likeness (QED) is 0.216. The molecule has 0 amide bonds. The second-order valence-electron chi connectivity index (χ2n) is 8.08. The number of benzene rings is 2. The van der Waals surface area contributed by atoms with E-state index in [1.807, 2.05) is 67.6 Å². The van der Waals surface area contributed by atoms with Crippen molar-refractivity contribution in [3.8, 4) is 5.75 Å². The van der Waals surface area contributed by atoms with Gasteiger partial charge in [0.1, 0.15) is 18.5 Å². The van der Waals surface area contributed by atoms with Gasteiger partial charge < -0.3 is 14.4 Å². The molecule has 0 saturated heterocycles. The zero-order chi connectivity index (χ0) is 25.7. The third-order valence-electron chi connectivity index (χ3n) is 5.38. The molecule has 4 aromatic rings. The minimum Gasteiger partial charge on any atom is -0.491 e. The van der Waals surface area contributed by atoms with Gasteiger partial charge in [0, 0.05) is 11.5 Å². The molecule has 1 atom stereocenters. The number of hydrazone groups is 1. The lowest BCUT2D eigenvalue weighted by atomic mass is 10.2. The topological polar surface area (TPSA) is 127 Å². The van der Waals surface area contributed by atoms with E-state index in [0.717, 1.165) is 11.1 Å². The number of aromatic amines is 1. The van der Waals surface area contributed by atoms with Crippen molar-refractivity contribution in [2.45, 2.75) is 19.6 Å². The third-order valence-corrected chi connectivity index (χ3v) is 5.82. The summed E-state index contributed by atoms with van der Waals surface area (Å²) in [5.41, 5.74) is 3.82. The van der Waals surface area contributed by atoms with E-state index in [2.05, 4.69) is 36.4 Å². The smallest absolute Gasteiger partial charge is 0.329 e. The van der Waals surface area contributed by atoms with Gasteiger partial charge in [-0.05, 0) is 46.1 Å². The number of H-pyrrole nitrogens is 1. The molecular weight excluding hydrogens is 528 g/mol. The van der Waals surface area contributed by atoms with E-state index in [1.54, 1.807) is 0 Å². The molecule has 186 valence electrons. The maximum atomic E-state index is 12.7. The van der Waals surface area contributed by atoms with Gasteiger partial charge in [0.2, 0.25) is 5.95 Å². The first-order chi connectivity index (χ1) is 17.3. The largest absolute Gasteiger partial charge is 0.491 e. The second kappa shape index (κ2) is 11.2. The SMILES string of the molecule is Cc1ccccc1OCC(O)Cn1c(NN=CC(Br)=Cc2ccccc2)nc2c1c(=O)[nH]c(=O)n2C. The van der Waals surface area contributed by atoms with Crippen molar-refractivity contribution in [2.24, 2.45) is 12.1 Å². The minimum atomic E-state index is -0.979. The number of aliphatic hydroxyl groups is 1. The van der Waals surface area contributed by atoms with Crippen molar-refractivity contribution >= 4 is 45.3 Å². The number of rotatable bonds is 9. The van der Waals surface area contributed by atoms with Crippen LogP contribution in [0.15, 0.2) is 73.8 Å². The molecule has 4 rings (SSSR count). The van der Waals surface area contributed by atoms with Crippen LogP contribution in [0.5, 0.6) is 5.75 Å². The summed E-state index contributed by atoms with van der Waals surface area (Å²) in [6.07, 6.45) is 2.44. The van der Waals surface area contributed by atoms with Gasteiger partial charge in [-0.15, -0.1) is 0 Å². The number of nitrogens with one attached hydrogen (secondary N) is 2. The number of imidazole rings is 1. The first kappa shape index (κ1) is 25.1. The summed E-state index contributed by atoms with van der Waals surface area (Å²) in [6.45, 7) is 1.88. The Labute approximate surface area is 214 Å². The summed E-state index contributed by atoms with van der Waals surface area (Å²) in [6, 6.07) is 17.2. The van der Waals surface area contributed by atoms with Crippen LogP contribution >= 0.6 is 15.9 Å². The highest BCUT2D eigenvalue weighted by molar-refractivity contribution is 9.12. The van der Waals surface area contributed by atoms with Crippen LogP contribution in [0.1, 0.15) is 11.1 Å². The lowest BCUT2D eigenvalue weighted by Gasteiger charge is -2.16. The van der Waals surface area contributed by atoms with Crippen molar-refractivity contribution in [3.05, 3.63) is 91.0 Å². The number of para-hydroxylation sites is 1. The van der Waals surface area contributed by atoms with Gasteiger partial charge in [-0.1, -0.05) is 48.5 Å². The number of hydrogen-bond acceptors (Lipinski definition) is 7. The number of aliphatic hydroxyl groups excluding tert-OH is 1. The average molecular weight is 553 g/mol. The van der Waals surface area contributed by atoms with E-state index >= 15 is 0 Å². The lowest BCUT2D eigenvalue weighted by molar-refractivity contribution is 0.0935. The molecule has 0 bridgehead atoms. The van der Waals surface area contributed by atoms with Crippen LogP contribution in [0.25, 0.3) is 17.2 Å². The number of aromatic nitrogens is 4. The Kier molecular flexibility index (Phi) is 7.81. The summed E-state index contributed by atoms with van der Waals surface area (Å²) in [5, 5.41) is 14.9. The third kappa shape index (κ3) is 5.81. The van der Waals surface area contributed by atoms with Gasteiger partial charge in [0.25, 0.3) is 5.56 Å². The van der Waals surface area contributed by atoms with Crippen molar-refractivity contribution < 1.29 is 9.84 Å². The van der Waals surface area contributed by atoms with Crippen molar-refractivity contribution in [2.75, 3.05) is 12.0 Å². The molecule has 2 heterocycles. The summed E-state index contributed by atoms with van der Waals surface area (Å²) >= 11 is 3.45. The number of hydrogen-bond donors (Lipinski definition) is 3. The Morgan fingerprint density at radius 3 is 2.69 bits per heavy atom. The highest BCUT2D eigenvalue weighted by atomic mass is 79.9. The predicted molar refractivity (Wildman–Crippen MR) is 144 cm³/mol. The Bertz CT molecular complexity index is 1540. The molecule has 36 heavy (non-hydrogen) atoms. The number of halogens is 1. The Hall–Kier alpha value is -3.96. The number of anilines is 1. The van der Waals surface area contributed by atoms with Gasteiger partial charge in [-0.25, -0.2) is 10.2 Å². The summed E-state index contributed by atoms with van der Waals surface area (Å²) in [7, 11) is 1.50. The maximum absolute atomic E-state index is 12.7. The molecule has 0 spiro atoms. The molecule has 10 nitrogen and oxygen atoms in total. The van der Waals surface area contributed by atoms with Crippen LogP contribution in [0.4, 0.5) is 5.95 Å². The second-order valence-corrected chi connectivity index (χ2v) is 8.99. The van der Waals surface area contributed by atoms with E-state index in [0.29, 0.717) is 10.2 Å². The average Bonchev–Trinajstić information content (AvgIpc) is 3.21. The van der Waals surface area contributed by atoms with Crippen LogP contribution in [0.3, 0.4) is 0 Å². The van der Waals surface area contributed by atoms with E-state index in [9.17, 15) is 14.7 Å². The molecule has 0 fully saturated rings. The number of fused-ring (bicyclic) bond motifs is 1. The van der Waals surface area contributed by atoms with Gasteiger partial charge >= 0.3 is 5.69 Å². The molecule has 0 saturated carbocycles. The monoisotopic (exact) mass is 552 g/mol. The highest BCUT2D eigenvalue weighted by Crippen LogP contribution is 2.19. The van der Waals surface area contributed by atoms with Gasteiger partial charge in [-0.2, -0.15) is 10.1 Å². The van der Waals surface area contributed by atoms with E-state index in [4.69, 9.17) is 4.74 Å². The van der Waals surface area contributed by atoms with Gasteiger partial charge in [0.05, 0.1) is 12.8 Å². The van der Waals surface area contributed by atoms with Crippen LogP contribution < -0.4 is 21.4 Å². The maximum Gasteiger partial charge on any atom is 0.329 e. The summed E-state index contributed by atoms with van der Waals surface area (Å²) in [5.74, 6) is 0.841. The van der Waals surface area contributed by atoms with E-state index < -0.39 is 17.4 Å². The van der Waals surface area contributed by atoms with Gasteiger partial charge in [-0.3, -0.25) is 14.3 Å².